The lowest BCUT2D eigenvalue weighted by atomic mass is 10.0. The van der Waals surface area contributed by atoms with Crippen molar-refractivity contribution >= 4 is 27.6 Å². The summed E-state index contributed by atoms with van der Waals surface area (Å²) in [4.78, 5) is 52.7. The van der Waals surface area contributed by atoms with Crippen LogP contribution < -0.4 is 0 Å². The second kappa shape index (κ2) is 38.0. The van der Waals surface area contributed by atoms with Crippen molar-refractivity contribution in [1.29, 1.82) is 0 Å². The molecule has 0 heterocycles. The van der Waals surface area contributed by atoms with Gasteiger partial charge in [-0.3, -0.25) is 23.2 Å². The number of unbranched alkanes of at least 4 members (excludes halogenated alkanes) is 16. The fourth-order valence-corrected chi connectivity index (χ4v) is 7.11. The van der Waals surface area contributed by atoms with Crippen LogP contribution in [0.5, 0.6) is 0 Å². The van der Waals surface area contributed by atoms with Gasteiger partial charge in [0.2, 0.25) is 0 Å². The Kier molecular flexibility index (Phi) is 36.9. The summed E-state index contributed by atoms with van der Waals surface area (Å²) in [6.45, 7) is 3.85. The lowest BCUT2D eigenvalue weighted by molar-refractivity contribution is -0.161. The molecule has 0 aliphatic rings. The number of hydrogen-bond donors (Lipinski definition) is 5. The van der Waals surface area contributed by atoms with E-state index >= 15 is 0 Å². The van der Waals surface area contributed by atoms with Crippen molar-refractivity contribution in [3.63, 3.8) is 0 Å². The first-order chi connectivity index (χ1) is 28.1. The number of hydrogen-bond acceptors (Lipinski definition) is 11. The molecular formula is C43H80O14P2. The summed E-state index contributed by atoms with van der Waals surface area (Å²) in [6.07, 6.45) is 31.6. The van der Waals surface area contributed by atoms with E-state index in [1.165, 1.54) is 64.2 Å². The molecule has 0 amide bonds. The van der Waals surface area contributed by atoms with Crippen LogP contribution in [0.3, 0.4) is 0 Å². The third kappa shape index (κ3) is 42.8. The quantitative estimate of drug-likeness (QED) is 0.0127. The van der Waals surface area contributed by atoms with Crippen LogP contribution in [0, 0.1) is 5.92 Å². The van der Waals surface area contributed by atoms with E-state index in [0.29, 0.717) is 19.3 Å². The number of aliphatic hydroxyl groups is 2. The maximum absolute atomic E-state index is 12.7. The van der Waals surface area contributed by atoms with Crippen LogP contribution in [0.25, 0.3) is 0 Å². The maximum atomic E-state index is 12.7. The largest absolute Gasteiger partial charge is 0.472 e. The molecular weight excluding hydrogens is 802 g/mol. The Bertz CT molecular complexity index is 1220. The zero-order valence-electron chi connectivity index (χ0n) is 36.4. The average molecular weight is 883 g/mol. The second-order valence-corrected chi connectivity index (χ2v) is 18.3. The van der Waals surface area contributed by atoms with Crippen LogP contribution in [0.15, 0.2) is 36.5 Å². The smallest absolute Gasteiger partial charge is 0.462 e. The summed E-state index contributed by atoms with van der Waals surface area (Å²) in [5.74, 6) is -0.305. The van der Waals surface area contributed by atoms with Gasteiger partial charge in [0.1, 0.15) is 12.7 Å². The summed E-state index contributed by atoms with van der Waals surface area (Å²) < 4.78 is 47.7. The van der Waals surface area contributed by atoms with Crippen LogP contribution in [-0.2, 0) is 41.8 Å². The zero-order valence-corrected chi connectivity index (χ0v) is 38.2. The fraction of sp³-hybridized carbons (Fsp3) is 0.814. The average Bonchev–Trinajstić information content (AvgIpc) is 3.17. The number of phosphoric acid groups is 2. The van der Waals surface area contributed by atoms with Gasteiger partial charge in [-0.05, 0) is 38.0 Å². The van der Waals surface area contributed by atoms with Gasteiger partial charge in [0.25, 0.3) is 0 Å². The molecule has 5 N–H and O–H groups in total. The number of allylic oxidation sites excluding steroid dienone is 5. The highest BCUT2D eigenvalue weighted by Crippen LogP contribution is 2.43. The van der Waals surface area contributed by atoms with Crippen LogP contribution in [0.1, 0.15) is 175 Å². The molecule has 0 saturated carbocycles. The van der Waals surface area contributed by atoms with Crippen LogP contribution >= 0.6 is 15.6 Å². The minimum Gasteiger partial charge on any atom is -0.462 e. The Balaban J connectivity index is 4.57. The molecule has 0 saturated heterocycles. The lowest BCUT2D eigenvalue weighted by Gasteiger charge is -2.20. The second-order valence-electron chi connectivity index (χ2n) is 15.6. The summed E-state index contributed by atoms with van der Waals surface area (Å²) >= 11 is 0. The van der Waals surface area contributed by atoms with E-state index in [9.17, 15) is 33.8 Å². The van der Waals surface area contributed by atoms with Gasteiger partial charge < -0.3 is 34.4 Å². The Morgan fingerprint density at radius 2 is 1.07 bits per heavy atom. The molecule has 0 rings (SSSR count). The molecule has 0 fully saturated rings. The van der Waals surface area contributed by atoms with Crippen molar-refractivity contribution in [3.8, 4) is 0 Å². The number of phosphoric ester groups is 2. The SMILES string of the molecule is CC/C=C/C/C=C/C=C/C(O)CCCCCCCC(=O)O[C@H](COC(=O)CCCCCCCCCCCCCCCC(C)C)COP(=O)(O)OC[C@@H](O)COP(=O)(O)O. The van der Waals surface area contributed by atoms with E-state index in [-0.39, 0.29) is 12.8 Å². The van der Waals surface area contributed by atoms with Gasteiger partial charge in [-0.2, -0.15) is 0 Å². The molecule has 16 heteroatoms. The van der Waals surface area contributed by atoms with Gasteiger partial charge in [-0.1, -0.05) is 166 Å². The zero-order chi connectivity index (χ0) is 44.0. The van der Waals surface area contributed by atoms with Crippen LogP contribution in [0.4, 0.5) is 0 Å². The third-order valence-corrected chi connectivity index (χ3v) is 10.8. The molecule has 0 aromatic rings. The molecule has 0 aliphatic heterocycles. The molecule has 0 spiro atoms. The topological polar surface area (TPSA) is 216 Å². The fourth-order valence-electron chi connectivity index (χ4n) is 5.95. The Morgan fingerprint density at radius 1 is 0.576 bits per heavy atom. The lowest BCUT2D eigenvalue weighted by Crippen LogP contribution is -2.30. The van der Waals surface area contributed by atoms with Gasteiger partial charge in [0, 0.05) is 12.8 Å². The van der Waals surface area contributed by atoms with E-state index in [1.54, 1.807) is 6.08 Å². The maximum Gasteiger partial charge on any atom is 0.472 e. The minimum absolute atomic E-state index is 0.0627. The van der Waals surface area contributed by atoms with E-state index in [1.807, 2.05) is 18.2 Å². The highest BCUT2D eigenvalue weighted by atomic mass is 31.2. The van der Waals surface area contributed by atoms with Gasteiger partial charge in [0.15, 0.2) is 6.10 Å². The highest BCUT2D eigenvalue weighted by molar-refractivity contribution is 7.47. The van der Waals surface area contributed by atoms with Gasteiger partial charge >= 0.3 is 27.6 Å². The first kappa shape index (κ1) is 57.3. The molecule has 0 radical (unpaired) electrons. The summed E-state index contributed by atoms with van der Waals surface area (Å²) in [7, 11) is -9.70. The first-order valence-electron chi connectivity index (χ1n) is 22.1. The van der Waals surface area contributed by atoms with Crippen molar-refractivity contribution in [2.24, 2.45) is 5.92 Å². The standard InChI is InChI=1S/C43H80O14P2/c1-4-5-6-7-15-20-25-30-39(44)31-26-21-18-23-28-33-43(47)57-41(37-56-59(51,52)55-35-40(45)34-54-58(48,49)50)36-53-42(46)32-27-22-17-14-12-10-8-9-11-13-16-19-24-29-38(2)3/h5-6,15,20,25,30,38-41,44-45H,4,7-14,16-19,21-24,26-29,31-37H2,1-3H3,(H,51,52)(H2,48,49,50)/b6-5+,20-15+,30-25+/t39?,40-,41+/m0/s1. The van der Waals surface area contributed by atoms with Crippen molar-refractivity contribution in [2.75, 3.05) is 26.4 Å². The van der Waals surface area contributed by atoms with Crippen molar-refractivity contribution in [3.05, 3.63) is 36.5 Å². The summed E-state index contributed by atoms with van der Waals surface area (Å²) in [5, 5.41) is 19.9. The first-order valence-corrected chi connectivity index (χ1v) is 25.2. The van der Waals surface area contributed by atoms with Crippen molar-refractivity contribution in [2.45, 2.75) is 193 Å². The van der Waals surface area contributed by atoms with Gasteiger partial charge in [0.05, 0.1) is 25.9 Å². The number of aliphatic hydroxyl groups excluding tert-OH is 2. The normalized spacial score (nSPS) is 15.0. The van der Waals surface area contributed by atoms with E-state index in [4.69, 9.17) is 23.8 Å². The molecule has 14 nitrogen and oxygen atoms in total. The molecule has 2 unspecified atom stereocenters. The molecule has 0 aromatic carbocycles. The van der Waals surface area contributed by atoms with Gasteiger partial charge in [-0.25, -0.2) is 9.13 Å². The monoisotopic (exact) mass is 883 g/mol. The summed E-state index contributed by atoms with van der Waals surface area (Å²) in [6, 6.07) is 0. The predicted molar refractivity (Wildman–Crippen MR) is 231 cm³/mol. The molecule has 4 atom stereocenters. The van der Waals surface area contributed by atoms with E-state index in [2.05, 4.69) is 42.0 Å². The highest BCUT2D eigenvalue weighted by Gasteiger charge is 2.28. The number of esters is 2. The Morgan fingerprint density at radius 3 is 1.61 bits per heavy atom. The number of rotatable bonds is 41. The van der Waals surface area contributed by atoms with Crippen LogP contribution in [0.2, 0.25) is 0 Å². The van der Waals surface area contributed by atoms with E-state index in [0.717, 1.165) is 63.7 Å². The third-order valence-electron chi connectivity index (χ3n) is 9.32. The van der Waals surface area contributed by atoms with Crippen molar-refractivity contribution in [1.82, 2.24) is 0 Å². The number of carbonyl (C=O) groups is 2. The molecule has 0 bridgehead atoms. The predicted octanol–water partition coefficient (Wildman–Crippen LogP) is 10.1. The van der Waals surface area contributed by atoms with E-state index < -0.39 is 72.3 Å². The van der Waals surface area contributed by atoms with Crippen molar-refractivity contribution < 1.29 is 66.7 Å². The summed E-state index contributed by atoms with van der Waals surface area (Å²) in [5.41, 5.74) is 0. The number of carbonyl (C=O) groups excluding carboxylic acids is 2. The van der Waals surface area contributed by atoms with Gasteiger partial charge in [-0.15, -0.1) is 0 Å². The van der Waals surface area contributed by atoms with Crippen LogP contribution in [-0.4, -0.2) is 81.6 Å². The Labute approximate surface area is 355 Å². The number of ether oxygens (including phenoxy) is 2. The Hall–Kier alpha value is -1.70. The minimum atomic E-state index is -4.87. The molecule has 59 heavy (non-hydrogen) atoms. The molecule has 346 valence electrons. The molecule has 0 aliphatic carbocycles. The molecule has 0 aromatic heterocycles.